The van der Waals surface area contributed by atoms with Crippen LogP contribution in [0, 0.1) is 11.3 Å². The molecule has 5 aromatic carbocycles. The summed E-state index contributed by atoms with van der Waals surface area (Å²) in [6.07, 6.45) is 1.57. The van der Waals surface area contributed by atoms with Crippen LogP contribution in [0.3, 0.4) is 0 Å². The second-order valence-corrected chi connectivity index (χ2v) is 10.0. The highest BCUT2D eigenvalue weighted by Gasteiger charge is 2.14. The van der Waals surface area contributed by atoms with Gasteiger partial charge in [0.2, 0.25) is 0 Å². The Labute approximate surface area is 248 Å². The van der Waals surface area contributed by atoms with Crippen molar-refractivity contribution in [3.05, 3.63) is 142 Å². The van der Waals surface area contributed by atoms with E-state index in [9.17, 15) is 10.1 Å². The third-order valence-corrected chi connectivity index (χ3v) is 6.83. The first-order valence-corrected chi connectivity index (χ1v) is 13.5. The number of fused-ring (bicyclic) bond motifs is 1. The standard InChI is InChI=1S/C34H24Cl2N2O3/c35-27-10-5-23(6-11-27)21-40-30-16-14-29(15-17-30)38-34(39)26(20-37)19-32-31-4-2-1-3-25(31)9-18-33(32)41-22-24-7-12-28(36)13-8-24/h1-19H,21-22H2,(H,38,39)/b26-19+. The van der Waals surface area contributed by atoms with Crippen molar-refractivity contribution in [2.24, 2.45) is 0 Å². The highest BCUT2D eigenvalue weighted by molar-refractivity contribution is 6.30. The van der Waals surface area contributed by atoms with Crippen LogP contribution >= 0.6 is 23.2 Å². The monoisotopic (exact) mass is 578 g/mol. The minimum atomic E-state index is -0.529. The summed E-state index contributed by atoms with van der Waals surface area (Å²) in [4.78, 5) is 13.1. The Morgan fingerprint density at radius 3 is 2.00 bits per heavy atom. The number of hydrogen-bond acceptors (Lipinski definition) is 4. The van der Waals surface area contributed by atoms with Crippen LogP contribution in [0.4, 0.5) is 5.69 Å². The molecule has 0 aliphatic rings. The second-order valence-electron chi connectivity index (χ2n) is 9.18. The third kappa shape index (κ3) is 7.26. The minimum Gasteiger partial charge on any atom is -0.489 e. The summed E-state index contributed by atoms with van der Waals surface area (Å²) in [5.74, 6) is 0.674. The predicted octanol–water partition coefficient (Wildman–Crippen LogP) is 8.85. The zero-order valence-electron chi connectivity index (χ0n) is 21.8. The highest BCUT2D eigenvalue weighted by atomic mass is 35.5. The van der Waals surface area contributed by atoms with Crippen LogP contribution in [0.5, 0.6) is 11.5 Å². The average molecular weight is 579 g/mol. The maximum atomic E-state index is 13.1. The molecule has 0 spiro atoms. The van der Waals surface area contributed by atoms with Crippen LogP contribution < -0.4 is 14.8 Å². The number of carbonyl (C=O) groups is 1. The Morgan fingerprint density at radius 2 is 1.37 bits per heavy atom. The van der Waals surface area contributed by atoms with Crippen molar-refractivity contribution in [3.8, 4) is 17.6 Å². The van der Waals surface area contributed by atoms with Crippen LogP contribution in [-0.2, 0) is 18.0 Å². The zero-order valence-corrected chi connectivity index (χ0v) is 23.3. The molecule has 0 aromatic heterocycles. The Kier molecular flexibility index (Phi) is 8.85. The Morgan fingerprint density at radius 1 is 0.756 bits per heavy atom. The van der Waals surface area contributed by atoms with E-state index in [2.05, 4.69) is 5.32 Å². The van der Waals surface area contributed by atoms with Gasteiger partial charge >= 0.3 is 0 Å². The smallest absolute Gasteiger partial charge is 0.266 e. The first-order chi connectivity index (χ1) is 20.0. The van der Waals surface area contributed by atoms with Crippen LogP contribution in [0.2, 0.25) is 10.0 Å². The first kappa shape index (κ1) is 27.8. The van der Waals surface area contributed by atoms with Gasteiger partial charge in [-0.15, -0.1) is 0 Å². The van der Waals surface area contributed by atoms with E-state index in [-0.39, 0.29) is 5.57 Å². The van der Waals surface area contributed by atoms with E-state index in [1.807, 2.05) is 78.9 Å². The van der Waals surface area contributed by atoms with Gasteiger partial charge in [0, 0.05) is 21.3 Å². The summed E-state index contributed by atoms with van der Waals surface area (Å²) in [5, 5.41) is 15.9. The fourth-order valence-corrected chi connectivity index (χ4v) is 4.42. The van der Waals surface area contributed by atoms with E-state index in [4.69, 9.17) is 32.7 Å². The molecule has 0 radical (unpaired) electrons. The largest absolute Gasteiger partial charge is 0.489 e. The molecule has 5 nitrogen and oxygen atoms in total. The summed E-state index contributed by atoms with van der Waals surface area (Å²) in [5.41, 5.74) is 3.06. The predicted molar refractivity (Wildman–Crippen MR) is 164 cm³/mol. The maximum absolute atomic E-state index is 13.1. The van der Waals surface area contributed by atoms with Crippen LogP contribution in [-0.4, -0.2) is 5.91 Å². The summed E-state index contributed by atoms with van der Waals surface area (Å²) >= 11 is 11.9. The van der Waals surface area contributed by atoms with Crippen molar-refractivity contribution in [2.45, 2.75) is 13.2 Å². The van der Waals surface area contributed by atoms with Crippen LogP contribution in [0.25, 0.3) is 16.8 Å². The number of nitriles is 1. The molecule has 0 fully saturated rings. The number of nitrogens with one attached hydrogen (secondary N) is 1. The van der Waals surface area contributed by atoms with Gasteiger partial charge in [0.05, 0.1) is 0 Å². The minimum absolute atomic E-state index is 0.0549. The first-order valence-electron chi connectivity index (χ1n) is 12.8. The molecule has 1 amide bonds. The molecule has 5 aromatic rings. The Hall–Kier alpha value is -4.76. The van der Waals surface area contributed by atoms with E-state index in [0.717, 1.165) is 21.9 Å². The molecule has 0 aliphatic carbocycles. The number of ether oxygens (including phenoxy) is 2. The molecular formula is C34H24Cl2N2O3. The van der Waals surface area contributed by atoms with E-state index < -0.39 is 5.91 Å². The van der Waals surface area contributed by atoms with Gasteiger partial charge in [0.1, 0.15) is 36.4 Å². The Balaban J connectivity index is 1.33. The topological polar surface area (TPSA) is 71.3 Å². The number of anilines is 1. The lowest BCUT2D eigenvalue weighted by molar-refractivity contribution is -0.112. The van der Waals surface area contributed by atoms with E-state index in [1.165, 1.54) is 0 Å². The van der Waals surface area contributed by atoms with E-state index >= 15 is 0 Å². The van der Waals surface area contributed by atoms with Crippen molar-refractivity contribution in [1.82, 2.24) is 0 Å². The molecule has 0 unspecified atom stereocenters. The third-order valence-electron chi connectivity index (χ3n) is 6.32. The fourth-order valence-electron chi connectivity index (χ4n) is 4.17. The van der Waals surface area contributed by atoms with Crippen LogP contribution in [0.1, 0.15) is 16.7 Å². The van der Waals surface area contributed by atoms with Crippen molar-refractivity contribution in [3.63, 3.8) is 0 Å². The Bertz CT molecular complexity index is 1740. The van der Waals surface area contributed by atoms with Crippen molar-refractivity contribution in [2.75, 3.05) is 5.32 Å². The summed E-state index contributed by atoms with van der Waals surface area (Å²) in [6, 6.07) is 35.4. The van der Waals surface area contributed by atoms with Gasteiger partial charge in [-0.1, -0.05) is 77.8 Å². The van der Waals surface area contributed by atoms with Gasteiger partial charge in [-0.05, 0) is 82.6 Å². The van der Waals surface area contributed by atoms with Crippen molar-refractivity contribution in [1.29, 1.82) is 5.26 Å². The number of amides is 1. The number of hydrogen-bond donors (Lipinski definition) is 1. The second kappa shape index (κ2) is 13.1. The van der Waals surface area contributed by atoms with Gasteiger partial charge in [-0.25, -0.2) is 0 Å². The fraction of sp³-hybridized carbons (Fsp3) is 0.0588. The molecular weight excluding hydrogens is 555 g/mol. The van der Waals surface area contributed by atoms with Gasteiger partial charge in [-0.3, -0.25) is 4.79 Å². The normalized spacial score (nSPS) is 11.1. The number of carbonyl (C=O) groups excluding carboxylic acids is 1. The van der Waals surface area contributed by atoms with Gasteiger partial charge in [0.25, 0.3) is 5.91 Å². The molecule has 0 aliphatic heterocycles. The molecule has 0 saturated carbocycles. The quantitative estimate of drug-likeness (QED) is 0.140. The molecule has 7 heteroatoms. The van der Waals surface area contributed by atoms with Gasteiger partial charge in [0.15, 0.2) is 0 Å². The summed E-state index contributed by atoms with van der Waals surface area (Å²) in [6.45, 7) is 0.689. The van der Waals surface area contributed by atoms with E-state index in [0.29, 0.717) is 46.0 Å². The van der Waals surface area contributed by atoms with Crippen molar-refractivity contribution >= 4 is 51.6 Å². The summed E-state index contributed by atoms with van der Waals surface area (Å²) in [7, 11) is 0. The SMILES string of the molecule is N#C/C(=C\c1c(OCc2ccc(Cl)cc2)ccc2ccccc12)C(=O)Nc1ccc(OCc2ccc(Cl)cc2)cc1. The lowest BCUT2D eigenvalue weighted by atomic mass is 10.0. The van der Waals surface area contributed by atoms with E-state index in [1.54, 1.807) is 42.5 Å². The van der Waals surface area contributed by atoms with Gasteiger partial charge < -0.3 is 14.8 Å². The highest BCUT2D eigenvalue weighted by Crippen LogP contribution is 2.31. The molecule has 41 heavy (non-hydrogen) atoms. The molecule has 1 N–H and O–H groups in total. The molecule has 202 valence electrons. The molecule has 5 rings (SSSR count). The number of benzene rings is 5. The molecule has 0 heterocycles. The van der Waals surface area contributed by atoms with Crippen LogP contribution in [0.15, 0.2) is 115 Å². The van der Waals surface area contributed by atoms with Gasteiger partial charge in [-0.2, -0.15) is 5.26 Å². The summed E-state index contributed by atoms with van der Waals surface area (Å²) < 4.78 is 12.0. The lowest BCUT2D eigenvalue weighted by Gasteiger charge is -2.13. The molecule has 0 bridgehead atoms. The molecule has 0 atom stereocenters. The number of halogens is 2. The lowest BCUT2D eigenvalue weighted by Crippen LogP contribution is -2.13. The number of rotatable bonds is 9. The zero-order chi connectivity index (χ0) is 28.6. The average Bonchev–Trinajstić information content (AvgIpc) is 3.00. The number of nitrogens with zero attached hydrogens (tertiary/aromatic N) is 1. The molecule has 0 saturated heterocycles. The maximum Gasteiger partial charge on any atom is 0.266 e. The van der Waals surface area contributed by atoms with Crippen molar-refractivity contribution < 1.29 is 14.3 Å².